The van der Waals surface area contributed by atoms with Crippen LogP contribution >= 0.6 is 23.2 Å². The third-order valence-corrected chi connectivity index (χ3v) is 5.06. The van der Waals surface area contributed by atoms with E-state index in [9.17, 15) is 4.79 Å². The van der Waals surface area contributed by atoms with Gasteiger partial charge in [-0.05, 0) is 48.9 Å². The van der Waals surface area contributed by atoms with Crippen molar-refractivity contribution >= 4 is 34.9 Å². The molecule has 152 valence electrons. The Kier molecular flexibility index (Phi) is 7.18. The maximum Gasteiger partial charge on any atom is 0.225 e. The lowest BCUT2D eigenvalue weighted by molar-refractivity contribution is -0.116. The molecule has 0 aliphatic carbocycles. The van der Waals surface area contributed by atoms with Crippen LogP contribution in [0.25, 0.3) is 16.9 Å². The first kappa shape index (κ1) is 21.2. The SMILES string of the molecule is CCCCCC(=O)Nc1cc(-c2ccc(OC)cc2)nn1-c1cc(Cl)ccc1Cl. The van der Waals surface area contributed by atoms with Gasteiger partial charge in [0.05, 0.1) is 23.5 Å². The van der Waals surface area contributed by atoms with Gasteiger partial charge in [0.2, 0.25) is 5.91 Å². The molecule has 3 rings (SSSR count). The molecule has 0 bridgehead atoms. The second-order valence-corrected chi connectivity index (χ2v) is 7.50. The molecule has 1 heterocycles. The van der Waals surface area contributed by atoms with Crippen LogP contribution in [0, 0.1) is 0 Å². The van der Waals surface area contributed by atoms with Crippen LogP contribution in [0.15, 0.2) is 48.5 Å². The molecule has 1 amide bonds. The maximum atomic E-state index is 12.4. The second-order valence-electron chi connectivity index (χ2n) is 6.66. The summed E-state index contributed by atoms with van der Waals surface area (Å²) in [5.41, 5.74) is 2.19. The van der Waals surface area contributed by atoms with Crippen LogP contribution in [0.3, 0.4) is 0 Å². The topological polar surface area (TPSA) is 56.1 Å². The first-order chi connectivity index (χ1) is 14.0. The van der Waals surface area contributed by atoms with E-state index < -0.39 is 0 Å². The van der Waals surface area contributed by atoms with Crippen molar-refractivity contribution in [3.05, 3.63) is 58.6 Å². The fourth-order valence-corrected chi connectivity index (χ4v) is 3.31. The van der Waals surface area contributed by atoms with Gasteiger partial charge in [0, 0.05) is 23.1 Å². The molecule has 1 N–H and O–H groups in total. The van der Waals surface area contributed by atoms with E-state index in [1.54, 1.807) is 30.0 Å². The van der Waals surface area contributed by atoms with E-state index in [1.165, 1.54) is 0 Å². The van der Waals surface area contributed by atoms with Crippen LogP contribution in [0.5, 0.6) is 5.75 Å². The van der Waals surface area contributed by atoms with E-state index in [0.717, 1.165) is 30.6 Å². The minimum absolute atomic E-state index is 0.0565. The van der Waals surface area contributed by atoms with Gasteiger partial charge in [-0.2, -0.15) is 5.10 Å². The zero-order chi connectivity index (χ0) is 20.8. The van der Waals surface area contributed by atoms with E-state index in [-0.39, 0.29) is 5.91 Å². The van der Waals surface area contributed by atoms with Crippen LogP contribution in [0.1, 0.15) is 32.6 Å². The van der Waals surface area contributed by atoms with Crippen molar-refractivity contribution in [2.75, 3.05) is 12.4 Å². The van der Waals surface area contributed by atoms with Crippen molar-refractivity contribution in [1.82, 2.24) is 9.78 Å². The highest BCUT2D eigenvalue weighted by Gasteiger charge is 2.16. The van der Waals surface area contributed by atoms with Crippen molar-refractivity contribution in [3.63, 3.8) is 0 Å². The number of carbonyl (C=O) groups is 1. The monoisotopic (exact) mass is 431 g/mol. The summed E-state index contributed by atoms with van der Waals surface area (Å²) in [4.78, 5) is 12.4. The summed E-state index contributed by atoms with van der Waals surface area (Å²) < 4.78 is 6.83. The molecule has 1 aromatic heterocycles. The highest BCUT2D eigenvalue weighted by Crippen LogP contribution is 2.31. The van der Waals surface area contributed by atoms with E-state index in [2.05, 4.69) is 17.3 Å². The lowest BCUT2D eigenvalue weighted by Gasteiger charge is -2.10. The molecule has 0 saturated carbocycles. The van der Waals surface area contributed by atoms with Crippen molar-refractivity contribution in [1.29, 1.82) is 0 Å². The maximum absolute atomic E-state index is 12.4. The number of nitrogens with zero attached hydrogens (tertiary/aromatic N) is 2. The van der Waals surface area contributed by atoms with Gasteiger partial charge < -0.3 is 10.1 Å². The molecule has 0 fully saturated rings. The van der Waals surface area contributed by atoms with Crippen LogP contribution in [0.4, 0.5) is 5.82 Å². The van der Waals surface area contributed by atoms with Crippen molar-refractivity contribution in [3.8, 4) is 22.7 Å². The van der Waals surface area contributed by atoms with E-state index >= 15 is 0 Å². The molecule has 0 unspecified atom stereocenters. The summed E-state index contributed by atoms with van der Waals surface area (Å²) in [6.07, 6.45) is 3.38. The van der Waals surface area contributed by atoms with Gasteiger partial charge in [0.1, 0.15) is 11.6 Å². The minimum atomic E-state index is -0.0565. The van der Waals surface area contributed by atoms with Crippen LogP contribution in [0.2, 0.25) is 10.0 Å². The normalized spacial score (nSPS) is 10.8. The van der Waals surface area contributed by atoms with Crippen LogP contribution < -0.4 is 10.1 Å². The second kappa shape index (κ2) is 9.81. The van der Waals surface area contributed by atoms with Crippen LogP contribution in [-0.4, -0.2) is 22.8 Å². The van der Waals surface area contributed by atoms with E-state index in [0.29, 0.717) is 33.7 Å². The average Bonchev–Trinajstić information content (AvgIpc) is 3.13. The lowest BCUT2D eigenvalue weighted by atomic mass is 10.1. The lowest BCUT2D eigenvalue weighted by Crippen LogP contribution is -2.14. The number of amides is 1. The summed E-state index contributed by atoms with van der Waals surface area (Å²) in [5, 5.41) is 8.66. The first-order valence-electron chi connectivity index (χ1n) is 9.51. The molecule has 2 aromatic carbocycles. The molecular formula is C22H23Cl2N3O2. The van der Waals surface area contributed by atoms with Gasteiger partial charge in [-0.3, -0.25) is 4.79 Å². The average molecular weight is 432 g/mol. The molecule has 0 radical (unpaired) electrons. The molecular weight excluding hydrogens is 409 g/mol. The van der Waals surface area contributed by atoms with Crippen molar-refractivity contribution in [2.24, 2.45) is 0 Å². The quantitative estimate of drug-likeness (QED) is 0.421. The van der Waals surface area contributed by atoms with Gasteiger partial charge in [-0.25, -0.2) is 4.68 Å². The Balaban J connectivity index is 1.98. The Morgan fingerprint density at radius 1 is 1.10 bits per heavy atom. The predicted octanol–water partition coefficient (Wildman–Crippen LogP) is 6.37. The number of methoxy groups -OCH3 is 1. The Labute approximate surface area is 180 Å². The Morgan fingerprint density at radius 3 is 2.55 bits per heavy atom. The predicted molar refractivity (Wildman–Crippen MR) is 118 cm³/mol. The molecule has 0 saturated heterocycles. The molecule has 0 atom stereocenters. The van der Waals surface area contributed by atoms with Crippen molar-refractivity contribution < 1.29 is 9.53 Å². The largest absolute Gasteiger partial charge is 0.497 e. The highest BCUT2D eigenvalue weighted by atomic mass is 35.5. The summed E-state index contributed by atoms with van der Waals surface area (Å²) in [7, 11) is 1.62. The number of carbonyl (C=O) groups excluding carboxylic acids is 1. The Hall–Kier alpha value is -2.50. The fraction of sp³-hybridized carbons (Fsp3) is 0.273. The summed E-state index contributed by atoms with van der Waals surface area (Å²) in [6, 6.07) is 14.5. The number of aromatic nitrogens is 2. The molecule has 0 spiro atoms. The molecule has 7 heteroatoms. The van der Waals surface area contributed by atoms with Gasteiger partial charge in [-0.15, -0.1) is 0 Å². The molecule has 5 nitrogen and oxygen atoms in total. The number of anilines is 1. The zero-order valence-electron chi connectivity index (χ0n) is 16.4. The third kappa shape index (κ3) is 5.31. The number of rotatable bonds is 8. The molecule has 0 aliphatic rings. The Morgan fingerprint density at radius 2 is 1.86 bits per heavy atom. The fourth-order valence-electron chi connectivity index (χ4n) is 2.95. The molecule has 29 heavy (non-hydrogen) atoms. The van der Waals surface area contributed by atoms with Crippen molar-refractivity contribution in [2.45, 2.75) is 32.6 Å². The van der Waals surface area contributed by atoms with Gasteiger partial charge in [-0.1, -0.05) is 43.0 Å². The van der Waals surface area contributed by atoms with Gasteiger partial charge in [0.15, 0.2) is 0 Å². The minimum Gasteiger partial charge on any atom is -0.497 e. The number of hydrogen-bond donors (Lipinski definition) is 1. The summed E-state index contributed by atoms with van der Waals surface area (Å²) >= 11 is 12.6. The van der Waals surface area contributed by atoms with E-state index in [4.69, 9.17) is 27.9 Å². The number of hydrogen-bond acceptors (Lipinski definition) is 3. The zero-order valence-corrected chi connectivity index (χ0v) is 17.9. The molecule has 3 aromatic rings. The first-order valence-corrected chi connectivity index (χ1v) is 10.3. The highest BCUT2D eigenvalue weighted by molar-refractivity contribution is 6.34. The molecule has 0 aliphatic heterocycles. The number of halogens is 2. The van der Waals surface area contributed by atoms with Crippen LogP contribution in [-0.2, 0) is 4.79 Å². The Bertz CT molecular complexity index is 984. The van der Waals surface area contributed by atoms with Gasteiger partial charge >= 0.3 is 0 Å². The standard InChI is InChI=1S/C22H23Cl2N3O2/c1-3-4-5-6-22(28)25-21-14-19(15-7-10-17(29-2)11-8-15)26-27(21)20-13-16(23)9-12-18(20)24/h7-14H,3-6H2,1-2H3,(H,25,28). The summed E-state index contributed by atoms with van der Waals surface area (Å²) in [5.74, 6) is 1.25. The summed E-state index contributed by atoms with van der Waals surface area (Å²) in [6.45, 7) is 2.11. The number of nitrogens with one attached hydrogen (secondary N) is 1. The number of unbranched alkanes of at least 4 members (excludes halogenated alkanes) is 2. The smallest absolute Gasteiger partial charge is 0.225 e. The third-order valence-electron chi connectivity index (χ3n) is 4.51. The van der Waals surface area contributed by atoms with Gasteiger partial charge in [0.25, 0.3) is 0 Å². The van der Waals surface area contributed by atoms with E-state index in [1.807, 2.05) is 30.3 Å². The number of benzene rings is 2. The number of ether oxygens (including phenoxy) is 1.